The molecule has 0 saturated heterocycles. The summed E-state index contributed by atoms with van der Waals surface area (Å²) in [6.45, 7) is 2.31. The van der Waals surface area contributed by atoms with Gasteiger partial charge in [0.1, 0.15) is 17.7 Å². The second kappa shape index (κ2) is 6.33. The standard InChI is InChI=1S/C17H17FN2O3S/c1-3-23-16(11-4-7-13(8-5-11)24(2,21)22)17-19-14-9-6-12(18)10-15(14)20-17/h4-10,16H,3H2,1-2H3,(H,19,20). The zero-order chi connectivity index (χ0) is 17.3. The number of ether oxygens (including phenoxy) is 1. The number of aromatic nitrogens is 2. The highest BCUT2D eigenvalue weighted by Crippen LogP contribution is 2.27. The molecule has 1 heterocycles. The zero-order valence-electron chi connectivity index (χ0n) is 13.3. The van der Waals surface area contributed by atoms with E-state index >= 15 is 0 Å². The fourth-order valence-electron chi connectivity index (χ4n) is 2.51. The Kier molecular flexibility index (Phi) is 4.38. The molecule has 3 rings (SSSR count). The molecule has 0 aliphatic heterocycles. The summed E-state index contributed by atoms with van der Waals surface area (Å²) in [6.07, 6.45) is 0.676. The number of hydrogen-bond donors (Lipinski definition) is 1. The predicted molar refractivity (Wildman–Crippen MR) is 89.1 cm³/mol. The van der Waals surface area contributed by atoms with E-state index in [-0.39, 0.29) is 10.7 Å². The Morgan fingerprint density at radius 1 is 1.21 bits per heavy atom. The molecule has 7 heteroatoms. The first-order valence-corrected chi connectivity index (χ1v) is 9.34. The molecule has 0 fully saturated rings. The number of rotatable bonds is 5. The largest absolute Gasteiger partial charge is 0.366 e. The molecule has 2 aromatic carbocycles. The maximum atomic E-state index is 13.3. The van der Waals surface area contributed by atoms with Gasteiger partial charge in [0.25, 0.3) is 0 Å². The van der Waals surface area contributed by atoms with Crippen molar-refractivity contribution in [3.05, 3.63) is 59.7 Å². The molecular weight excluding hydrogens is 331 g/mol. The number of benzene rings is 2. The SMILES string of the molecule is CCOC(c1ccc(S(C)(=O)=O)cc1)c1nc2cc(F)ccc2[nH]1. The molecule has 1 N–H and O–H groups in total. The maximum Gasteiger partial charge on any atom is 0.175 e. The van der Waals surface area contributed by atoms with Crippen LogP contribution in [-0.2, 0) is 14.6 Å². The van der Waals surface area contributed by atoms with Gasteiger partial charge in [0, 0.05) is 18.9 Å². The van der Waals surface area contributed by atoms with Gasteiger partial charge in [-0.3, -0.25) is 0 Å². The van der Waals surface area contributed by atoms with Crippen LogP contribution in [0.1, 0.15) is 24.4 Å². The fraction of sp³-hybridized carbons (Fsp3) is 0.235. The zero-order valence-corrected chi connectivity index (χ0v) is 14.1. The monoisotopic (exact) mass is 348 g/mol. The van der Waals surface area contributed by atoms with Crippen LogP contribution in [-0.4, -0.2) is 31.2 Å². The van der Waals surface area contributed by atoms with Crippen LogP contribution in [0, 0.1) is 5.82 Å². The van der Waals surface area contributed by atoms with E-state index in [2.05, 4.69) is 9.97 Å². The predicted octanol–water partition coefficient (Wildman–Crippen LogP) is 3.23. The van der Waals surface area contributed by atoms with Crippen molar-refractivity contribution in [3.8, 4) is 0 Å². The molecule has 0 bridgehead atoms. The van der Waals surface area contributed by atoms with E-state index < -0.39 is 15.9 Å². The minimum absolute atomic E-state index is 0.244. The van der Waals surface area contributed by atoms with Gasteiger partial charge in [-0.1, -0.05) is 12.1 Å². The normalized spacial score (nSPS) is 13.3. The lowest BCUT2D eigenvalue weighted by Crippen LogP contribution is -2.08. The number of nitrogens with zero attached hydrogens (tertiary/aromatic N) is 1. The number of halogens is 1. The van der Waals surface area contributed by atoms with Gasteiger partial charge in [0.2, 0.25) is 0 Å². The topological polar surface area (TPSA) is 72.1 Å². The number of fused-ring (bicyclic) bond motifs is 1. The summed E-state index contributed by atoms with van der Waals surface area (Å²) < 4.78 is 42.2. The summed E-state index contributed by atoms with van der Waals surface area (Å²) in [5.74, 6) is 0.190. The molecule has 0 aliphatic rings. The number of hydrogen-bond acceptors (Lipinski definition) is 4. The van der Waals surface area contributed by atoms with Crippen molar-refractivity contribution in [1.82, 2.24) is 9.97 Å². The van der Waals surface area contributed by atoms with Crippen molar-refractivity contribution in [2.75, 3.05) is 12.9 Å². The lowest BCUT2D eigenvalue weighted by molar-refractivity contribution is 0.0859. The molecule has 5 nitrogen and oxygen atoms in total. The molecule has 0 saturated carbocycles. The molecule has 0 amide bonds. The average molecular weight is 348 g/mol. The van der Waals surface area contributed by atoms with Gasteiger partial charge in [-0.25, -0.2) is 17.8 Å². The molecule has 3 aromatic rings. The van der Waals surface area contributed by atoms with E-state index in [0.717, 1.165) is 11.8 Å². The minimum Gasteiger partial charge on any atom is -0.366 e. The summed E-state index contributed by atoms with van der Waals surface area (Å²) in [4.78, 5) is 7.77. The van der Waals surface area contributed by atoms with E-state index in [1.54, 1.807) is 30.3 Å². The van der Waals surface area contributed by atoms with E-state index in [4.69, 9.17) is 4.74 Å². The van der Waals surface area contributed by atoms with Crippen molar-refractivity contribution in [2.24, 2.45) is 0 Å². The van der Waals surface area contributed by atoms with Crippen LogP contribution in [0.5, 0.6) is 0 Å². The molecule has 0 aliphatic carbocycles. The molecule has 0 spiro atoms. The molecular formula is C17H17FN2O3S. The van der Waals surface area contributed by atoms with Gasteiger partial charge >= 0.3 is 0 Å². The van der Waals surface area contributed by atoms with Crippen molar-refractivity contribution in [1.29, 1.82) is 0 Å². The van der Waals surface area contributed by atoms with Crippen LogP contribution < -0.4 is 0 Å². The molecule has 24 heavy (non-hydrogen) atoms. The van der Waals surface area contributed by atoms with Crippen LogP contribution in [0.3, 0.4) is 0 Å². The average Bonchev–Trinajstić information content (AvgIpc) is 2.94. The van der Waals surface area contributed by atoms with Crippen LogP contribution in [0.15, 0.2) is 47.4 Å². The highest BCUT2D eigenvalue weighted by Gasteiger charge is 2.19. The first kappa shape index (κ1) is 16.6. The smallest absolute Gasteiger partial charge is 0.175 e. The summed E-state index contributed by atoms with van der Waals surface area (Å²) in [6, 6.07) is 10.8. The number of imidazole rings is 1. The Bertz CT molecular complexity index is 965. The first-order valence-electron chi connectivity index (χ1n) is 7.45. The Morgan fingerprint density at radius 3 is 2.54 bits per heavy atom. The molecule has 1 atom stereocenters. The van der Waals surface area contributed by atoms with Gasteiger partial charge < -0.3 is 9.72 Å². The summed E-state index contributed by atoms with van der Waals surface area (Å²) >= 11 is 0. The Morgan fingerprint density at radius 2 is 1.92 bits per heavy atom. The molecule has 126 valence electrons. The number of aromatic amines is 1. The van der Waals surface area contributed by atoms with Crippen molar-refractivity contribution in [3.63, 3.8) is 0 Å². The van der Waals surface area contributed by atoms with Gasteiger partial charge in [-0.15, -0.1) is 0 Å². The Labute approximate surface area is 139 Å². The lowest BCUT2D eigenvalue weighted by atomic mass is 10.1. The highest BCUT2D eigenvalue weighted by atomic mass is 32.2. The maximum absolute atomic E-state index is 13.3. The van der Waals surface area contributed by atoms with E-state index in [1.165, 1.54) is 12.1 Å². The molecule has 0 radical (unpaired) electrons. The van der Waals surface area contributed by atoms with Crippen LogP contribution >= 0.6 is 0 Å². The second-order valence-corrected chi connectivity index (χ2v) is 7.48. The minimum atomic E-state index is -3.25. The van der Waals surface area contributed by atoms with Gasteiger partial charge in [-0.05, 0) is 36.8 Å². The van der Waals surface area contributed by atoms with E-state index in [9.17, 15) is 12.8 Å². The molecule has 1 aromatic heterocycles. The summed E-state index contributed by atoms with van der Waals surface area (Å²) in [7, 11) is -3.25. The van der Waals surface area contributed by atoms with E-state index in [1.807, 2.05) is 6.92 Å². The Balaban J connectivity index is 2.02. The Hall–Kier alpha value is -2.25. The van der Waals surface area contributed by atoms with Crippen LogP contribution in [0.4, 0.5) is 4.39 Å². The van der Waals surface area contributed by atoms with Crippen molar-refractivity contribution >= 4 is 20.9 Å². The fourth-order valence-corrected chi connectivity index (χ4v) is 3.14. The number of H-pyrrole nitrogens is 1. The second-order valence-electron chi connectivity index (χ2n) is 5.46. The highest BCUT2D eigenvalue weighted by molar-refractivity contribution is 7.90. The first-order chi connectivity index (χ1) is 11.4. The molecule has 1 unspecified atom stereocenters. The van der Waals surface area contributed by atoms with E-state index in [0.29, 0.717) is 23.5 Å². The third-order valence-electron chi connectivity index (χ3n) is 3.66. The van der Waals surface area contributed by atoms with Gasteiger partial charge in [0.05, 0.1) is 15.9 Å². The summed E-state index contributed by atoms with van der Waals surface area (Å²) in [5, 5.41) is 0. The quantitative estimate of drug-likeness (QED) is 0.768. The third kappa shape index (κ3) is 3.32. The van der Waals surface area contributed by atoms with Gasteiger partial charge in [-0.2, -0.15) is 0 Å². The van der Waals surface area contributed by atoms with Crippen LogP contribution in [0.25, 0.3) is 11.0 Å². The number of sulfone groups is 1. The van der Waals surface area contributed by atoms with Crippen LogP contribution in [0.2, 0.25) is 0 Å². The van der Waals surface area contributed by atoms with Gasteiger partial charge in [0.15, 0.2) is 9.84 Å². The van der Waals surface area contributed by atoms with Crippen molar-refractivity contribution in [2.45, 2.75) is 17.9 Å². The van der Waals surface area contributed by atoms with Crippen molar-refractivity contribution < 1.29 is 17.5 Å². The lowest BCUT2D eigenvalue weighted by Gasteiger charge is -2.15. The summed E-state index contributed by atoms with van der Waals surface area (Å²) in [5.41, 5.74) is 2.00. The number of nitrogens with one attached hydrogen (secondary N) is 1. The third-order valence-corrected chi connectivity index (χ3v) is 4.78.